The number of rotatable bonds is 71. The molecule has 8 N–H and O–H groups in total. The lowest BCUT2D eigenvalue weighted by molar-refractivity contribution is -0.303. The monoisotopic (exact) mass is 1250 g/mol. The average molecular weight is 1250 g/mol. The quantitative estimate of drug-likeness (QED) is 0.0272. The molecule has 1 heterocycles. The number of carbonyl (C=O) groups excluding carboxylic acids is 1. The number of amides is 1. The van der Waals surface area contributed by atoms with Crippen molar-refractivity contribution in [1.29, 1.82) is 0 Å². The third-order valence-corrected chi connectivity index (χ3v) is 19.7. The summed E-state index contributed by atoms with van der Waals surface area (Å²) in [4.78, 5) is 13.3. The second-order valence-corrected chi connectivity index (χ2v) is 28.2. The Morgan fingerprint density at radius 1 is 0.352 bits per heavy atom. The summed E-state index contributed by atoms with van der Waals surface area (Å²) in [5.74, 6) is -0.685. The van der Waals surface area contributed by atoms with Gasteiger partial charge in [0.1, 0.15) is 36.6 Å². The van der Waals surface area contributed by atoms with Crippen molar-refractivity contribution in [3.8, 4) is 0 Å². The van der Waals surface area contributed by atoms with E-state index in [-0.39, 0.29) is 6.42 Å². The molecule has 0 aromatic carbocycles. The van der Waals surface area contributed by atoms with E-state index in [0.717, 1.165) is 38.5 Å². The number of nitrogens with one attached hydrogen (secondary N) is 1. The zero-order chi connectivity index (χ0) is 63.9. The molecule has 526 valence electrons. The molecule has 0 aromatic heterocycles. The fourth-order valence-electron chi connectivity index (χ4n) is 13.4. The van der Waals surface area contributed by atoms with Crippen LogP contribution < -0.4 is 5.32 Å². The van der Waals surface area contributed by atoms with Crippen molar-refractivity contribution in [2.45, 2.75) is 473 Å². The van der Waals surface area contributed by atoms with E-state index in [1.165, 1.54) is 340 Å². The van der Waals surface area contributed by atoms with E-state index >= 15 is 0 Å². The van der Waals surface area contributed by atoms with Crippen LogP contribution in [0.25, 0.3) is 0 Å². The van der Waals surface area contributed by atoms with Gasteiger partial charge in [-0.1, -0.05) is 406 Å². The van der Waals surface area contributed by atoms with Gasteiger partial charge in [0.25, 0.3) is 0 Å². The van der Waals surface area contributed by atoms with Crippen molar-refractivity contribution < 1.29 is 50.0 Å². The SMILES string of the molecule is CCCCCCCCCCCCCCCCCCCCCCCCCCCCCCCCCCCCCCCCC(O)C(=O)NC(COC1OC(CO)C(O)C(O)C1O)C(O)C(O)CCCCCCCCCCCCCCCCCCCCCCCCC. The molecule has 9 unspecified atom stereocenters. The Bertz CT molecular complexity index is 1390. The van der Waals surface area contributed by atoms with Crippen molar-refractivity contribution >= 4 is 5.91 Å². The Labute approximate surface area is 545 Å². The van der Waals surface area contributed by atoms with Crippen LogP contribution in [-0.4, -0.2) is 110 Å². The lowest BCUT2D eigenvalue weighted by Gasteiger charge is -2.40. The molecule has 1 saturated heterocycles. The van der Waals surface area contributed by atoms with Crippen LogP contribution in [0, 0.1) is 0 Å². The number of aliphatic hydroxyl groups is 7. The highest BCUT2D eigenvalue weighted by Crippen LogP contribution is 2.25. The highest BCUT2D eigenvalue weighted by molar-refractivity contribution is 5.80. The van der Waals surface area contributed by atoms with Crippen LogP contribution in [0.3, 0.4) is 0 Å². The first-order valence-corrected chi connectivity index (χ1v) is 39.4. The van der Waals surface area contributed by atoms with Gasteiger partial charge in [-0.05, 0) is 12.8 Å². The molecule has 0 aromatic rings. The molecule has 9 atom stereocenters. The van der Waals surface area contributed by atoms with Crippen LogP contribution in [0.4, 0.5) is 0 Å². The van der Waals surface area contributed by atoms with Gasteiger partial charge >= 0.3 is 0 Å². The van der Waals surface area contributed by atoms with Gasteiger partial charge in [-0.15, -0.1) is 0 Å². The smallest absolute Gasteiger partial charge is 0.249 e. The molecule has 88 heavy (non-hydrogen) atoms. The van der Waals surface area contributed by atoms with E-state index in [1.54, 1.807) is 0 Å². The maximum atomic E-state index is 13.3. The minimum Gasteiger partial charge on any atom is -0.394 e. The van der Waals surface area contributed by atoms with Gasteiger partial charge in [0.05, 0.1) is 25.4 Å². The van der Waals surface area contributed by atoms with Gasteiger partial charge in [0.2, 0.25) is 5.91 Å². The van der Waals surface area contributed by atoms with Gasteiger partial charge in [0, 0.05) is 0 Å². The molecule has 11 heteroatoms. The number of ether oxygens (including phenoxy) is 2. The molecule has 0 spiro atoms. The third-order valence-electron chi connectivity index (χ3n) is 19.7. The van der Waals surface area contributed by atoms with Crippen molar-refractivity contribution in [2.75, 3.05) is 13.2 Å². The fraction of sp³-hybridized carbons (Fsp3) is 0.987. The summed E-state index contributed by atoms with van der Waals surface area (Å²) in [5.41, 5.74) is 0. The Morgan fingerprint density at radius 2 is 0.591 bits per heavy atom. The number of hydrogen-bond acceptors (Lipinski definition) is 10. The first-order valence-electron chi connectivity index (χ1n) is 39.4. The second-order valence-electron chi connectivity index (χ2n) is 28.2. The first kappa shape index (κ1) is 85.1. The summed E-state index contributed by atoms with van der Waals surface area (Å²) >= 11 is 0. The molecule has 0 aliphatic carbocycles. The van der Waals surface area contributed by atoms with Crippen LogP contribution in [-0.2, 0) is 14.3 Å². The second kappa shape index (κ2) is 66.1. The number of hydrogen-bond donors (Lipinski definition) is 8. The molecular weight excluding hydrogens is 1100 g/mol. The fourth-order valence-corrected chi connectivity index (χ4v) is 13.4. The Morgan fingerprint density at radius 3 is 0.841 bits per heavy atom. The molecule has 0 bridgehead atoms. The van der Waals surface area contributed by atoms with Crippen molar-refractivity contribution in [2.24, 2.45) is 0 Å². The van der Waals surface area contributed by atoms with E-state index in [1.807, 2.05) is 0 Å². The van der Waals surface area contributed by atoms with Gasteiger partial charge in [-0.25, -0.2) is 0 Å². The van der Waals surface area contributed by atoms with Crippen molar-refractivity contribution in [3.63, 3.8) is 0 Å². The highest BCUT2D eigenvalue weighted by Gasteiger charge is 2.44. The van der Waals surface area contributed by atoms with Crippen LogP contribution >= 0.6 is 0 Å². The minimum atomic E-state index is -1.66. The van der Waals surface area contributed by atoms with Crippen LogP contribution in [0.5, 0.6) is 0 Å². The molecule has 1 fully saturated rings. The predicted molar refractivity (Wildman–Crippen MR) is 372 cm³/mol. The van der Waals surface area contributed by atoms with E-state index < -0.39 is 74.2 Å². The van der Waals surface area contributed by atoms with Crippen LogP contribution in [0.1, 0.15) is 418 Å². The molecule has 0 saturated carbocycles. The standard InChI is InChI=1S/C77H153NO10/c1-3-5-7-9-11-13-15-17-19-21-23-25-27-28-29-30-31-32-33-34-35-36-37-38-39-40-41-43-45-47-49-51-53-55-57-59-61-63-65-70(81)76(86)78-68(67-87-77-75(85)74(84)73(83)71(66-79)88-77)72(82)69(80)64-62-60-58-56-54-52-50-48-46-44-42-26-24-22-20-18-16-14-12-10-8-6-4-2/h68-75,77,79-85H,3-67H2,1-2H3,(H,78,86). The number of unbranched alkanes of at least 4 members (excludes halogenated alkanes) is 59. The summed E-state index contributed by atoms with van der Waals surface area (Å²) in [5, 5.41) is 76.7. The number of carbonyl (C=O) groups is 1. The molecular formula is C77H153NO10. The van der Waals surface area contributed by atoms with Crippen molar-refractivity contribution in [3.05, 3.63) is 0 Å². The summed E-state index contributed by atoms with van der Waals surface area (Å²) in [6.45, 7) is 3.54. The Balaban J connectivity index is 2.09. The van der Waals surface area contributed by atoms with Gasteiger partial charge in [-0.2, -0.15) is 0 Å². The van der Waals surface area contributed by atoms with E-state index in [4.69, 9.17) is 9.47 Å². The van der Waals surface area contributed by atoms with E-state index in [0.29, 0.717) is 19.3 Å². The van der Waals surface area contributed by atoms with Gasteiger partial charge in [-0.3, -0.25) is 4.79 Å². The van der Waals surface area contributed by atoms with E-state index in [9.17, 15) is 40.5 Å². The van der Waals surface area contributed by atoms with Gasteiger partial charge < -0.3 is 50.5 Å². The highest BCUT2D eigenvalue weighted by atomic mass is 16.7. The zero-order valence-electron chi connectivity index (χ0n) is 58.5. The molecule has 0 radical (unpaired) electrons. The topological polar surface area (TPSA) is 189 Å². The molecule has 11 nitrogen and oxygen atoms in total. The lowest BCUT2D eigenvalue weighted by atomic mass is 9.98. The molecule has 1 amide bonds. The maximum absolute atomic E-state index is 13.3. The lowest BCUT2D eigenvalue weighted by Crippen LogP contribution is -2.60. The molecule has 1 rings (SSSR count). The van der Waals surface area contributed by atoms with E-state index in [2.05, 4.69) is 19.2 Å². The van der Waals surface area contributed by atoms with Crippen LogP contribution in [0.15, 0.2) is 0 Å². The van der Waals surface area contributed by atoms with Crippen molar-refractivity contribution in [1.82, 2.24) is 5.32 Å². The summed E-state index contributed by atoms with van der Waals surface area (Å²) in [6.07, 6.45) is 70.8. The average Bonchev–Trinajstić information content (AvgIpc) is 3.73. The summed E-state index contributed by atoms with van der Waals surface area (Å²) < 4.78 is 11.2. The van der Waals surface area contributed by atoms with Gasteiger partial charge in [0.15, 0.2) is 6.29 Å². The molecule has 1 aliphatic rings. The zero-order valence-corrected chi connectivity index (χ0v) is 58.5. The number of aliphatic hydroxyl groups excluding tert-OH is 7. The summed E-state index contributed by atoms with van der Waals surface area (Å²) in [6, 6.07) is -1.17. The predicted octanol–water partition coefficient (Wildman–Crippen LogP) is 20.0. The first-order chi connectivity index (χ1) is 43.2. The normalized spacial score (nSPS) is 18.5. The maximum Gasteiger partial charge on any atom is 0.249 e. The third kappa shape index (κ3) is 52.5. The molecule has 1 aliphatic heterocycles. The largest absolute Gasteiger partial charge is 0.394 e. The Hall–Kier alpha value is -0.890. The summed E-state index contributed by atoms with van der Waals surface area (Å²) in [7, 11) is 0. The Kier molecular flexibility index (Phi) is 64.0. The minimum absolute atomic E-state index is 0.268. The van der Waals surface area contributed by atoms with Crippen LogP contribution in [0.2, 0.25) is 0 Å².